The summed E-state index contributed by atoms with van der Waals surface area (Å²) in [6.45, 7) is 2.71. The molecular weight excluding hydrogens is 985 g/mol. The Morgan fingerprint density at radius 2 is 1.06 bits per heavy atom. The molecule has 3 unspecified atom stereocenters. The number of carbonyl (C=O) groups excluding carboxylic acids is 5. The number of methoxy groups -OCH3 is 1. The molecule has 0 spiro atoms. The number of thioether (sulfide) groups is 1. The van der Waals surface area contributed by atoms with Gasteiger partial charge in [0.2, 0.25) is 23.6 Å². The Kier molecular flexibility index (Phi) is 16.7. The van der Waals surface area contributed by atoms with Crippen molar-refractivity contribution in [2.45, 2.75) is 66.9 Å². The van der Waals surface area contributed by atoms with E-state index in [2.05, 4.69) is 31.5 Å². The Morgan fingerprint density at radius 1 is 0.636 bits per heavy atom. The van der Waals surface area contributed by atoms with Gasteiger partial charge in [0.25, 0.3) is 0 Å². The normalized spacial score (nSPS) is 18.0. The summed E-state index contributed by atoms with van der Waals surface area (Å²) in [6.07, 6.45) is -0.308. The highest BCUT2D eigenvalue weighted by Gasteiger charge is 2.64. The van der Waals surface area contributed by atoms with E-state index in [-0.39, 0.29) is 18.1 Å². The van der Waals surface area contributed by atoms with Crippen LogP contribution < -0.4 is 26.6 Å². The van der Waals surface area contributed by atoms with Gasteiger partial charge in [-0.1, -0.05) is 220 Å². The van der Waals surface area contributed by atoms with Crippen LogP contribution in [0, 0.1) is 5.92 Å². The van der Waals surface area contributed by atoms with E-state index in [1.54, 1.807) is 0 Å². The van der Waals surface area contributed by atoms with Crippen molar-refractivity contribution >= 4 is 47.0 Å². The minimum absolute atomic E-state index is 0.00712. The van der Waals surface area contributed by atoms with E-state index in [0.717, 1.165) is 39.1 Å². The van der Waals surface area contributed by atoms with E-state index in [0.29, 0.717) is 12.0 Å². The molecule has 394 valence electrons. The van der Waals surface area contributed by atoms with Crippen molar-refractivity contribution in [1.29, 1.82) is 0 Å². The molecule has 13 nitrogen and oxygen atoms in total. The van der Waals surface area contributed by atoms with Gasteiger partial charge in [-0.2, -0.15) is 0 Å². The maximum absolute atomic E-state index is 15.0. The van der Waals surface area contributed by atoms with Crippen LogP contribution in [0.25, 0.3) is 0 Å². The molecule has 9 rings (SSSR count). The number of hydrogen-bond acceptors (Lipinski definition) is 10. The third-order valence-electron chi connectivity index (χ3n) is 15.0. The zero-order chi connectivity index (χ0) is 54.0. The number of esters is 1. The van der Waals surface area contributed by atoms with Gasteiger partial charge in [-0.3, -0.25) is 24.1 Å². The van der Waals surface area contributed by atoms with Crippen LogP contribution in [0.3, 0.4) is 0 Å². The summed E-state index contributed by atoms with van der Waals surface area (Å²) in [5.74, 6) is -3.31. The fraction of sp³-hybridized carbons (Fsp3) is 0.254. The van der Waals surface area contributed by atoms with Gasteiger partial charge in [0, 0.05) is 23.4 Å². The van der Waals surface area contributed by atoms with E-state index in [4.69, 9.17) is 4.74 Å². The average molecular weight is 1050 g/mol. The second kappa shape index (κ2) is 23.9. The number of rotatable bonds is 21. The van der Waals surface area contributed by atoms with Crippen LogP contribution in [-0.4, -0.2) is 89.8 Å². The largest absolute Gasteiger partial charge is 0.467 e. The fourth-order valence-corrected chi connectivity index (χ4v) is 12.7. The second-order valence-corrected chi connectivity index (χ2v) is 20.8. The number of anilines is 1. The van der Waals surface area contributed by atoms with Crippen LogP contribution in [0.15, 0.2) is 206 Å². The number of para-hydroxylation sites is 1. The number of nitrogens with zero attached hydrogens (tertiary/aromatic N) is 1. The summed E-state index contributed by atoms with van der Waals surface area (Å²) in [5, 5.41) is 27.7. The number of carbonyl (C=O) groups is 5. The maximum atomic E-state index is 15.0. The van der Waals surface area contributed by atoms with Crippen molar-refractivity contribution in [1.82, 2.24) is 26.2 Å². The van der Waals surface area contributed by atoms with E-state index < -0.39 is 82.9 Å². The van der Waals surface area contributed by atoms with E-state index in [1.165, 1.54) is 18.9 Å². The van der Waals surface area contributed by atoms with Crippen molar-refractivity contribution in [3.63, 3.8) is 0 Å². The molecule has 1 fully saturated rings. The highest BCUT2D eigenvalue weighted by Crippen LogP contribution is 2.56. The molecule has 2 heterocycles. The number of amides is 4. The van der Waals surface area contributed by atoms with Crippen LogP contribution in [0.1, 0.15) is 65.6 Å². The van der Waals surface area contributed by atoms with Crippen LogP contribution >= 0.6 is 11.8 Å². The second-order valence-electron chi connectivity index (χ2n) is 19.6. The third-order valence-corrected chi connectivity index (χ3v) is 16.6. The molecule has 4 amide bonds. The summed E-state index contributed by atoms with van der Waals surface area (Å²) >= 11 is 1.48. The first-order chi connectivity index (χ1) is 37.4. The smallest absolute Gasteiger partial charge is 0.329 e. The molecule has 2 aliphatic heterocycles. The predicted octanol–water partition coefficient (Wildman–Crippen LogP) is 7.84. The highest BCUT2D eigenvalue weighted by atomic mass is 32.2. The molecule has 7 aromatic carbocycles. The molecule has 0 bridgehead atoms. The lowest BCUT2D eigenvalue weighted by Crippen LogP contribution is -2.60. The van der Waals surface area contributed by atoms with Crippen molar-refractivity contribution in [2.24, 2.45) is 5.92 Å². The van der Waals surface area contributed by atoms with E-state index in [9.17, 15) is 24.3 Å². The zero-order valence-electron chi connectivity index (χ0n) is 43.3. The number of nitrogens with one attached hydrogen (secondary N) is 5. The Morgan fingerprint density at radius 3 is 1.53 bits per heavy atom. The van der Waals surface area contributed by atoms with Gasteiger partial charge in [-0.25, -0.2) is 4.79 Å². The fourth-order valence-electron chi connectivity index (χ4n) is 11.1. The minimum atomic E-state index is -1.52. The van der Waals surface area contributed by atoms with Crippen LogP contribution in [-0.2, 0) is 44.6 Å². The lowest BCUT2D eigenvalue weighted by Gasteiger charge is -2.48. The Hall–Kier alpha value is -8.04. The Bertz CT molecular complexity index is 2950. The number of likely N-dealkylation sites (tertiary alicyclic amines) is 1. The van der Waals surface area contributed by atoms with Gasteiger partial charge in [0.1, 0.15) is 23.9 Å². The molecule has 0 aromatic heterocycles. The first kappa shape index (κ1) is 53.8. The van der Waals surface area contributed by atoms with E-state index >= 15 is 4.79 Å². The minimum Gasteiger partial charge on any atom is -0.467 e. The number of fused-ring (bicyclic) bond motifs is 3. The molecule has 0 saturated carbocycles. The molecule has 77 heavy (non-hydrogen) atoms. The topological polar surface area (TPSA) is 178 Å². The summed E-state index contributed by atoms with van der Waals surface area (Å²) in [5.41, 5.74) is 4.27. The number of ether oxygens (including phenoxy) is 1. The number of hydrogen-bond donors (Lipinski definition) is 6. The van der Waals surface area contributed by atoms with Crippen LogP contribution in [0.4, 0.5) is 5.69 Å². The van der Waals surface area contributed by atoms with Gasteiger partial charge in [-0.05, 0) is 45.4 Å². The third kappa shape index (κ3) is 10.7. The maximum Gasteiger partial charge on any atom is 0.329 e. The summed E-state index contributed by atoms with van der Waals surface area (Å²) in [7, 11) is 1.26. The molecule has 2 aliphatic rings. The standard InChI is InChI=1S/C63H64N6O7S/c1-4-43(2)56(58(73)65-40-54(70)66-52(59(74)76-3)42-77-63(47-31-17-8-18-32-47,48-33-19-9-20-34-48)49-35-21-10-22-36-49)68-55(71)41-64-57(72)53-39-61(75)50-37-23-24-38-51(50)67-60(61)69(53)62(44-25-11-5-12-26-44,45-27-13-6-14-28-45)46-29-15-7-16-30-46/h5-38,43,52-53,56,60,67,75H,4,39-42H2,1-3H3,(H,64,72)(H,65,73)(H,66,70)(H,68,71)/t43-,52-,53?,56-,60?,61?/m0/s1. The summed E-state index contributed by atoms with van der Waals surface area (Å²) < 4.78 is 4.41. The SMILES string of the molecule is CC[C@H](C)[C@H](NC(=O)CNC(=O)C1CC2(O)c3ccccc3NC2N1C(c1ccccc1)(c1ccccc1)c1ccccc1)C(=O)NCC(=O)N[C@@H](CSC(c1ccccc1)(c1ccccc1)c1ccccc1)C(=O)OC. The summed E-state index contributed by atoms with van der Waals surface area (Å²) in [6, 6.07) is 64.0. The van der Waals surface area contributed by atoms with Crippen molar-refractivity contribution in [3.05, 3.63) is 245 Å². The van der Waals surface area contributed by atoms with Gasteiger partial charge >= 0.3 is 5.97 Å². The Labute approximate surface area is 454 Å². The molecule has 0 radical (unpaired) electrons. The number of benzene rings is 7. The summed E-state index contributed by atoms with van der Waals surface area (Å²) in [4.78, 5) is 72.2. The molecule has 6 atom stereocenters. The van der Waals surface area contributed by atoms with Crippen molar-refractivity contribution in [2.75, 3.05) is 31.3 Å². The zero-order valence-corrected chi connectivity index (χ0v) is 44.1. The lowest BCUT2D eigenvalue weighted by atomic mass is 9.74. The molecule has 0 aliphatic carbocycles. The molecular formula is C63H64N6O7S. The Balaban J connectivity index is 0.912. The first-order valence-electron chi connectivity index (χ1n) is 26.0. The average Bonchev–Trinajstić information content (AvgIpc) is 4.19. The molecule has 14 heteroatoms. The molecule has 1 saturated heterocycles. The molecule has 6 N–H and O–H groups in total. The monoisotopic (exact) mass is 1050 g/mol. The predicted molar refractivity (Wildman–Crippen MR) is 300 cm³/mol. The van der Waals surface area contributed by atoms with Crippen LogP contribution in [0.5, 0.6) is 0 Å². The molecule has 7 aromatic rings. The van der Waals surface area contributed by atoms with Crippen molar-refractivity contribution < 1.29 is 33.8 Å². The van der Waals surface area contributed by atoms with Gasteiger partial charge < -0.3 is 36.4 Å². The highest BCUT2D eigenvalue weighted by molar-refractivity contribution is 8.00. The lowest BCUT2D eigenvalue weighted by molar-refractivity contribution is -0.144. The first-order valence-corrected chi connectivity index (χ1v) is 27.0. The number of aliphatic hydroxyl groups is 1. The van der Waals surface area contributed by atoms with Crippen LogP contribution in [0.2, 0.25) is 0 Å². The van der Waals surface area contributed by atoms with Gasteiger partial charge in [-0.15, -0.1) is 11.8 Å². The van der Waals surface area contributed by atoms with Crippen molar-refractivity contribution in [3.8, 4) is 0 Å². The van der Waals surface area contributed by atoms with Gasteiger partial charge in [0.05, 0.1) is 36.5 Å². The van der Waals surface area contributed by atoms with E-state index in [1.807, 2.05) is 220 Å². The quantitative estimate of drug-likeness (QED) is 0.0307. The van der Waals surface area contributed by atoms with Gasteiger partial charge in [0.15, 0.2) is 0 Å².